The Balaban J connectivity index is 2.22. The Labute approximate surface area is 135 Å². The Morgan fingerprint density at radius 1 is 1.14 bits per heavy atom. The van der Waals surface area contributed by atoms with Gasteiger partial charge in [0.05, 0.1) is 17.4 Å². The van der Waals surface area contributed by atoms with Gasteiger partial charge < -0.3 is 0 Å². The Morgan fingerprint density at radius 3 is 2.18 bits per heavy atom. The summed E-state index contributed by atoms with van der Waals surface area (Å²) in [6.45, 7) is 3.56. The van der Waals surface area contributed by atoms with Gasteiger partial charge in [-0.25, -0.2) is 8.42 Å². The Kier molecular flexibility index (Phi) is 4.74. The lowest BCUT2D eigenvalue weighted by Gasteiger charge is -2.11. The number of rotatable bonds is 4. The predicted molar refractivity (Wildman–Crippen MR) is 88.3 cm³/mol. The molecule has 0 heterocycles. The number of nitrogens with zero attached hydrogens (tertiary/aromatic N) is 1. The van der Waals surface area contributed by atoms with Crippen LogP contribution in [-0.2, 0) is 15.8 Å². The molecule has 0 saturated heterocycles. The first kappa shape index (κ1) is 16.3. The van der Waals surface area contributed by atoms with Crippen LogP contribution in [0.2, 0.25) is 5.02 Å². The van der Waals surface area contributed by atoms with E-state index in [1.54, 1.807) is 50.2 Å². The van der Waals surface area contributed by atoms with Crippen molar-refractivity contribution in [2.45, 2.75) is 19.6 Å². The lowest BCUT2D eigenvalue weighted by molar-refractivity contribution is 0.600. The van der Waals surface area contributed by atoms with Gasteiger partial charge in [-0.2, -0.15) is 5.26 Å². The lowest BCUT2D eigenvalue weighted by Crippen LogP contribution is -2.15. The first-order chi connectivity index (χ1) is 10.3. The molecular formula is C16H15ClN2O2S. The Hall–Kier alpha value is -2.03. The second-order valence-electron chi connectivity index (χ2n) is 5.08. The fraction of sp³-hybridized carbons (Fsp3) is 0.188. The van der Waals surface area contributed by atoms with Gasteiger partial charge in [0, 0.05) is 10.7 Å². The molecule has 0 aliphatic rings. The molecule has 0 amide bonds. The highest BCUT2D eigenvalue weighted by atomic mass is 35.5. The summed E-state index contributed by atoms with van der Waals surface area (Å²) in [7, 11) is -3.53. The second-order valence-corrected chi connectivity index (χ2v) is 7.24. The molecule has 22 heavy (non-hydrogen) atoms. The van der Waals surface area contributed by atoms with Gasteiger partial charge in [-0.15, -0.1) is 0 Å². The molecule has 0 unspecified atom stereocenters. The molecule has 4 nitrogen and oxygen atoms in total. The third kappa shape index (κ3) is 4.00. The molecule has 2 aromatic carbocycles. The summed E-state index contributed by atoms with van der Waals surface area (Å²) >= 11 is 5.78. The molecule has 0 fully saturated rings. The van der Waals surface area contributed by atoms with Crippen molar-refractivity contribution in [3.63, 3.8) is 0 Å². The maximum Gasteiger partial charge on any atom is 0.236 e. The van der Waals surface area contributed by atoms with Crippen molar-refractivity contribution in [1.29, 1.82) is 5.26 Å². The van der Waals surface area contributed by atoms with Gasteiger partial charge in [-0.05, 0) is 54.8 Å². The highest BCUT2D eigenvalue weighted by Crippen LogP contribution is 2.21. The minimum atomic E-state index is -3.53. The topological polar surface area (TPSA) is 70.0 Å². The molecule has 2 aromatic rings. The maximum atomic E-state index is 12.2. The molecule has 1 N–H and O–H groups in total. The monoisotopic (exact) mass is 334 g/mol. The van der Waals surface area contributed by atoms with Crippen molar-refractivity contribution in [2.75, 3.05) is 4.72 Å². The number of hydrogen-bond donors (Lipinski definition) is 1. The average Bonchev–Trinajstić information content (AvgIpc) is 2.40. The molecular weight excluding hydrogens is 320 g/mol. The number of nitriles is 1. The first-order valence-electron chi connectivity index (χ1n) is 6.57. The zero-order valence-corrected chi connectivity index (χ0v) is 13.8. The van der Waals surface area contributed by atoms with E-state index in [1.807, 2.05) is 0 Å². The summed E-state index contributed by atoms with van der Waals surface area (Å²) in [6, 6.07) is 12.1. The van der Waals surface area contributed by atoms with E-state index in [4.69, 9.17) is 16.9 Å². The summed E-state index contributed by atoms with van der Waals surface area (Å²) < 4.78 is 27.0. The second kappa shape index (κ2) is 6.39. The summed E-state index contributed by atoms with van der Waals surface area (Å²) in [5, 5.41) is 9.60. The van der Waals surface area contributed by atoms with E-state index >= 15 is 0 Å². The minimum absolute atomic E-state index is 0.137. The Morgan fingerprint density at radius 2 is 1.68 bits per heavy atom. The number of hydrogen-bond acceptors (Lipinski definition) is 3. The molecule has 0 saturated carbocycles. The van der Waals surface area contributed by atoms with E-state index in [-0.39, 0.29) is 5.75 Å². The van der Waals surface area contributed by atoms with Crippen molar-refractivity contribution < 1.29 is 8.42 Å². The van der Waals surface area contributed by atoms with Gasteiger partial charge in [-0.1, -0.05) is 23.7 Å². The molecule has 0 bridgehead atoms. The SMILES string of the molecule is Cc1cc(NS(=O)(=O)Cc2ccc(Cl)cc2)cc(C)c1C#N. The van der Waals surface area contributed by atoms with E-state index in [2.05, 4.69) is 10.8 Å². The van der Waals surface area contributed by atoms with E-state index in [0.717, 1.165) is 11.1 Å². The molecule has 6 heteroatoms. The molecule has 2 rings (SSSR count). The van der Waals surface area contributed by atoms with Crippen LogP contribution in [0.15, 0.2) is 36.4 Å². The standard InChI is InChI=1S/C16H15ClN2O2S/c1-11-7-15(8-12(2)16(11)9-18)19-22(20,21)10-13-3-5-14(17)6-4-13/h3-8,19H,10H2,1-2H3. The summed E-state index contributed by atoms with van der Waals surface area (Å²) in [5.74, 6) is -0.137. The van der Waals surface area contributed by atoms with Crippen LogP contribution in [0.5, 0.6) is 0 Å². The van der Waals surface area contributed by atoms with Crippen molar-refractivity contribution in [1.82, 2.24) is 0 Å². The van der Waals surface area contributed by atoms with Gasteiger partial charge in [-0.3, -0.25) is 4.72 Å². The number of nitrogens with one attached hydrogen (secondary N) is 1. The zero-order chi connectivity index (χ0) is 16.3. The third-order valence-electron chi connectivity index (χ3n) is 3.19. The first-order valence-corrected chi connectivity index (χ1v) is 8.60. The molecule has 0 aromatic heterocycles. The van der Waals surface area contributed by atoms with Crippen molar-refractivity contribution in [3.05, 3.63) is 63.7 Å². The van der Waals surface area contributed by atoms with Crippen molar-refractivity contribution in [3.8, 4) is 6.07 Å². The number of sulfonamides is 1. The van der Waals surface area contributed by atoms with Gasteiger partial charge in [0.1, 0.15) is 0 Å². The molecule has 0 radical (unpaired) electrons. The molecule has 0 atom stereocenters. The summed E-state index contributed by atoms with van der Waals surface area (Å²) in [5.41, 5.74) is 3.17. The summed E-state index contributed by atoms with van der Waals surface area (Å²) in [4.78, 5) is 0. The average molecular weight is 335 g/mol. The molecule has 114 valence electrons. The van der Waals surface area contributed by atoms with Crippen molar-refractivity contribution in [2.24, 2.45) is 0 Å². The quantitative estimate of drug-likeness (QED) is 0.925. The van der Waals surface area contributed by atoms with Crippen LogP contribution < -0.4 is 4.72 Å². The van der Waals surface area contributed by atoms with Gasteiger partial charge >= 0.3 is 0 Å². The van der Waals surface area contributed by atoms with E-state index in [1.165, 1.54) is 0 Å². The van der Waals surface area contributed by atoms with Crippen LogP contribution in [0.25, 0.3) is 0 Å². The van der Waals surface area contributed by atoms with Gasteiger partial charge in [0.2, 0.25) is 10.0 Å². The minimum Gasteiger partial charge on any atom is -0.283 e. The number of halogens is 1. The number of anilines is 1. The van der Waals surface area contributed by atoms with E-state index < -0.39 is 10.0 Å². The van der Waals surface area contributed by atoms with E-state index in [0.29, 0.717) is 21.8 Å². The highest BCUT2D eigenvalue weighted by Gasteiger charge is 2.13. The Bertz CT molecular complexity index is 814. The fourth-order valence-corrected chi connectivity index (χ4v) is 3.52. The maximum absolute atomic E-state index is 12.2. The lowest BCUT2D eigenvalue weighted by atomic mass is 10.0. The normalized spacial score (nSPS) is 11.0. The molecule has 0 aliphatic heterocycles. The summed E-state index contributed by atoms with van der Waals surface area (Å²) in [6.07, 6.45) is 0. The predicted octanol–water partition coefficient (Wildman–Crippen LogP) is 3.77. The van der Waals surface area contributed by atoms with Crippen LogP contribution >= 0.6 is 11.6 Å². The van der Waals surface area contributed by atoms with Gasteiger partial charge in [0.25, 0.3) is 0 Å². The number of benzene rings is 2. The smallest absolute Gasteiger partial charge is 0.236 e. The van der Waals surface area contributed by atoms with Crippen LogP contribution in [0.4, 0.5) is 5.69 Å². The van der Waals surface area contributed by atoms with Crippen LogP contribution in [0.1, 0.15) is 22.3 Å². The zero-order valence-electron chi connectivity index (χ0n) is 12.2. The van der Waals surface area contributed by atoms with Crippen LogP contribution in [0.3, 0.4) is 0 Å². The fourth-order valence-electron chi connectivity index (χ4n) is 2.21. The highest BCUT2D eigenvalue weighted by molar-refractivity contribution is 7.91. The van der Waals surface area contributed by atoms with E-state index in [9.17, 15) is 8.42 Å². The van der Waals surface area contributed by atoms with Crippen LogP contribution in [0, 0.1) is 25.2 Å². The largest absolute Gasteiger partial charge is 0.283 e. The molecule has 0 spiro atoms. The van der Waals surface area contributed by atoms with Gasteiger partial charge in [0.15, 0.2) is 0 Å². The van der Waals surface area contributed by atoms with Crippen LogP contribution in [-0.4, -0.2) is 8.42 Å². The third-order valence-corrected chi connectivity index (χ3v) is 4.70. The van der Waals surface area contributed by atoms with Crippen molar-refractivity contribution >= 4 is 27.3 Å². The molecule has 0 aliphatic carbocycles. The number of aryl methyl sites for hydroxylation is 2.